The van der Waals surface area contributed by atoms with Gasteiger partial charge >= 0.3 is 0 Å². The van der Waals surface area contributed by atoms with Crippen molar-refractivity contribution in [2.45, 2.75) is 25.7 Å². The van der Waals surface area contributed by atoms with Crippen molar-refractivity contribution in [1.29, 1.82) is 0 Å². The number of sulfonamides is 1. The SMILES string of the molecule is Cc1cc(F)c(S(=O)(=O)NCC(C)(C)CO)cc1N. The van der Waals surface area contributed by atoms with Gasteiger partial charge in [0, 0.05) is 24.3 Å². The molecule has 0 radical (unpaired) electrons. The van der Waals surface area contributed by atoms with E-state index in [-0.39, 0.29) is 18.8 Å². The number of aryl methyl sites for hydroxylation is 1. The first-order valence-corrected chi connectivity index (χ1v) is 7.23. The monoisotopic (exact) mass is 290 g/mol. The van der Waals surface area contributed by atoms with Crippen molar-refractivity contribution in [3.05, 3.63) is 23.5 Å². The fourth-order valence-corrected chi connectivity index (χ4v) is 2.63. The normalized spacial score (nSPS) is 12.7. The lowest BCUT2D eigenvalue weighted by Crippen LogP contribution is -2.36. The number of nitrogen functional groups attached to an aromatic ring is 1. The summed E-state index contributed by atoms with van der Waals surface area (Å²) in [5.74, 6) is -0.846. The highest BCUT2D eigenvalue weighted by molar-refractivity contribution is 7.89. The molecule has 1 rings (SSSR count). The van der Waals surface area contributed by atoms with Gasteiger partial charge in [-0.3, -0.25) is 0 Å². The zero-order chi connectivity index (χ0) is 14.8. The predicted octanol–water partition coefficient (Wildman–Crippen LogP) is 1.01. The van der Waals surface area contributed by atoms with E-state index < -0.39 is 26.2 Å². The highest BCUT2D eigenvalue weighted by Crippen LogP contribution is 2.22. The summed E-state index contributed by atoms with van der Waals surface area (Å²) in [6, 6.07) is 2.18. The summed E-state index contributed by atoms with van der Waals surface area (Å²) in [5, 5.41) is 9.07. The molecule has 0 unspecified atom stereocenters. The van der Waals surface area contributed by atoms with Gasteiger partial charge in [-0.05, 0) is 24.6 Å². The molecule has 0 fully saturated rings. The molecule has 0 heterocycles. The molecule has 0 atom stereocenters. The zero-order valence-corrected chi connectivity index (χ0v) is 12.0. The number of nitrogens with one attached hydrogen (secondary N) is 1. The minimum atomic E-state index is -3.99. The molecule has 0 spiro atoms. The third-order valence-electron chi connectivity index (χ3n) is 2.78. The molecule has 0 aliphatic carbocycles. The Morgan fingerprint density at radius 2 is 2.00 bits per heavy atom. The van der Waals surface area contributed by atoms with Crippen LogP contribution in [0.4, 0.5) is 10.1 Å². The van der Waals surface area contributed by atoms with Crippen molar-refractivity contribution < 1.29 is 17.9 Å². The van der Waals surface area contributed by atoms with Crippen LogP contribution < -0.4 is 10.5 Å². The van der Waals surface area contributed by atoms with Crippen molar-refractivity contribution in [3.8, 4) is 0 Å². The molecule has 0 saturated heterocycles. The quantitative estimate of drug-likeness (QED) is 0.706. The van der Waals surface area contributed by atoms with Crippen LogP contribution in [0.15, 0.2) is 17.0 Å². The van der Waals surface area contributed by atoms with Crippen LogP contribution in [0.3, 0.4) is 0 Å². The van der Waals surface area contributed by atoms with E-state index in [1.165, 1.54) is 0 Å². The smallest absolute Gasteiger partial charge is 0.243 e. The molecule has 5 nitrogen and oxygen atoms in total. The number of halogens is 1. The van der Waals surface area contributed by atoms with Gasteiger partial charge < -0.3 is 10.8 Å². The fourth-order valence-electron chi connectivity index (χ4n) is 1.30. The van der Waals surface area contributed by atoms with Crippen LogP contribution in [0.1, 0.15) is 19.4 Å². The zero-order valence-electron chi connectivity index (χ0n) is 11.2. The molecule has 19 heavy (non-hydrogen) atoms. The summed E-state index contributed by atoms with van der Waals surface area (Å²) in [6.45, 7) is 4.79. The molecule has 4 N–H and O–H groups in total. The largest absolute Gasteiger partial charge is 0.398 e. The Bertz CT molecular complexity index is 571. The van der Waals surface area contributed by atoms with Crippen LogP contribution in [0.25, 0.3) is 0 Å². The average molecular weight is 290 g/mol. The lowest BCUT2D eigenvalue weighted by Gasteiger charge is -2.22. The lowest BCUT2D eigenvalue weighted by molar-refractivity contribution is 0.163. The Labute approximate surface area is 112 Å². The first kappa shape index (κ1) is 15.9. The second-order valence-corrected chi connectivity index (χ2v) is 7.02. The molecular weight excluding hydrogens is 271 g/mol. The van der Waals surface area contributed by atoms with Crippen LogP contribution >= 0.6 is 0 Å². The molecule has 0 saturated carbocycles. The molecule has 108 valence electrons. The third-order valence-corrected chi connectivity index (χ3v) is 4.20. The summed E-state index contributed by atoms with van der Waals surface area (Å²) in [4.78, 5) is -0.482. The van der Waals surface area contributed by atoms with Gasteiger partial charge in [0.05, 0.1) is 0 Å². The number of aliphatic hydroxyl groups excluding tert-OH is 1. The van der Waals surface area contributed by atoms with Gasteiger partial charge in [0.1, 0.15) is 10.7 Å². The van der Waals surface area contributed by atoms with Gasteiger partial charge in [-0.15, -0.1) is 0 Å². The maximum Gasteiger partial charge on any atom is 0.243 e. The molecule has 0 bridgehead atoms. The number of aliphatic hydroxyl groups is 1. The van der Waals surface area contributed by atoms with E-state index in [4.69, 9.17) is 10.8 Å². The second kappa shape index (κ2) is 5.44. The van der Waals surface area contributed by atoms with Crippen molar-refractivity contribution in [3.63, 3.8) is 0 Å². The van der Waals surface area contributed by atoms with Crippen LogP contribution in [0.5, 0.6) is 0 Å². The number of rotatable bonds is 5. The maximum atomic E-state index is 13.7. The summed E-state index contributed by atoms with van der Waals surface area (Å²) >= 11 is 0. The Balaban J connectivity index is 3.05. The first-order valence-electron chi connectivity index (χ1n) is 5.75. The van der Waals surface area contributed by atoms with Crippen LogP contribution in [-0.4, -0.2) is 26.7 Å². The number of hydrogen-bond donors (Lipinski definition) is 3. The molecule has 1 aromatic rings. The molecule has 0 aromatic heterocycles. The molecule has 0 aliphatic heterocycles. The Hall–Kier alpha value is -1.18. The predicted molar refractivity (Wildman–Crippen MR) is 71.6 cm³/mol. The maximum absolute atomic E-state index is 13.7. The number of nitrogens with two attached hydrogens (primary N) is 1. The van der Waals surface area contributed by atoms with E-state index in [0.717, 1.165) is 12.1 Å². The van der Waals surface area contributed by atoms with Crippen molar-refractivity contribution >= 4 is 15.7 Å². The summed E-state index contributed by atoms with van der Waals surface area (Å²) in [6.07, 6.45) is 0. The van der Waals surface area contributed by atoms with Crippen molar-refractivity contribution in [2.75, 3.05) is 18.9 Å². The number of anilines is 1. The summed E-state index contributed by atoms with van der Waals surface area (Å²) in [5.41, 5.74) is 5.66. The highest BCUT2D eigenvalue weighted by Gasteiger charge is 2.24. The topological polar surface area (TPSA) is 92.4 Å². The minimum absolute atomic E-state index is 0.000938. The van der Waals surface area contributed by atoms with E-state index in [0.29, 0.717) is 5.56 Å². The molecule has 0 aliphatic rings. The summed E-state index contributed by atoms with van der Waals surface area (Å²) < 4.78 is 40.0. The molecule has 1 aromatic carbocycles. The van der Waals surface area contributed by atoms with E-state index >= 15 is 0 Å². The molecule has 7 heteroatoms. The Kier molecular flexibility index (Phi) is 4.54. The van der Waals surface area contributed by atoms with Crippen molar-refractivity contribution in [1.82, 2.24) is 4.72 Å². The van der Waals surface area contributed by atoms with E-state index in [1.807, 2.05) is 0 Å². The highest BCUT2D eigenvalue weighted by atomic mass is 32.2. The van der Waals surface area contributed by atoms with Gasteiger partial charge in [-0.25, -0.2) is 17.5 Å². The first-order chi connectivity index (χ1) is 8.59. The lowest BCUT2D eigenvalue weighted by atomic mass is 9.96. The van der Waals surface area contributed by atoms with Crippen LogP contribution in [0.2, 0.25) is 0 Å². The fraction of sp³-hybridized carbons (Fsp3) is 0.500. The van der Waals surface area contributed by atoms with Crippen LogP contribution in [0, 0.1) is 18.2 Å². The average Bonchev–Trinajstić information content (AvgIpc) is 2.31. The van der Waals surface area contributed by atoms with Gasteiger partial charge in [0.15, 0.2) is 0 Å². The number of benzene rings is 1. The van der Waals surface area contributed by atoms with Gasteiger partial charge in [-0.1, -0.05) is 13.8 Å². The summed E-state index contributed by atoms with van der Waals surface area (Å²) in [7, 11) is -3.99. The second-order valence-electron chi connectivity index (χ2n) is 5.29. The van der Waals surface area contributed by atoms with Crippen LogP contribution in [-0.2, 0) is 10.0 Å². The molecular formula is C12H19FN2O3S. The van der Waals surface area contributed by atoms with Crippen molar-refractivity contribution in [2.24, 2.45) is 5.41 Å². The third kappa shape index (κ3) is 3.89. The Morgan fingerprint density at radius 1 is 1.42 bits per heavy atom. The number of hydrogen-bond acceptors (Lipinski definition) is 4. The van der Waals surface area contributed by atoms with E-state index in [9.17, 15) is 12.8 Å². The minimum Gasteiger partial charge on any atom is -0.398 e. The van der Waals surface area contributed by atoms with Gasteiger partial charge in [0.25, 0.3) is 0 Å². The van der Waals surface area contributed by atoms with Gasteiger partial charge in [-0.2, -0.15) is 0 Å². The molecule has 0 amide bonds. The van der Waals surface area contributed by atoms with E-state index in [2.05, 4.69) is 4.72 Å². The van der Waals surface area contributed by atoms with Gasteiger partial charge in [0.2, 0.25) is 10.0 Å². The van der Waals surface area contributed by atoms with E-state index in [1.54, 1.807) is 20.8 Å². The Morgan fingerprint density at radius 3 is 2.53 bits per heavy atom. The standard InChI is InChI=1S/C12H19FN2O3S/c1-8-4-9(13)11(5-10(8)14)19(17,18)15-6-12(2,3)7-16/h4-5,15-16H,6-7,14H2,1-3H3.